The molecule has 1 amide bonds. The van der Waals surface area contributed by atoms with E-state index in [2.05, 4.69) is 32.2 Å². The summed E-state index contributed by atoms with van der Waals surface area (Å²) in [6.45, 7) is 14.9. The van der Waals surface area contributed by atoms with Crippen molar-refractivity contribution >= 4 is 12.1 Å². The van der Waals surface area contributed by atoms with Gasteiger partial charge in [0.25, 0.3) is 0 Å². The molecular weight excluding hydrogens is 528 g/mol. The van der Waals surface area contributed by atoms with Crippen LogP contribution in [0.3, 0.4) is 0 Å². The zero-order valence-corrected chi connectivity index (χ0v) is 26.1. The van der Waals surface area contributed by atoms with Crippen LogP contribution in [0.5, 0.6) is 0 Å². The van der Waals surface area contributed by atoms with Gasteiger partial charge in [0.15, 0.2) is 0 Å². The monoisotopic (exact) mass is 580 g/mol. The highest BCUT2D eigenvalue weighted by molar-refractivity contribution is 5.70. The number of hydrogen-bond acceptors (Lipinski definition) is 9. The third-order valence-electron chi connectivity index (χ3n) is 8.81. The number of aliphatic hydroxyl groups is 1. The van der Waals surface area contributed by atoms with E-state index in [9.17, 15) is 14.7 Å². The molecule has 0 aromatic rings. The van der Waals surface area contributed by atoms with Gasteiger partial charge in [0.1, 0.15) is 6.10 Å². The van der Waals surface area contributed by atoms with Gasteiger partial charge in [-0.15, -0.1) is 0 Å². The number of epoxide rings is 1. The minimum absolute atomic E-state index is 0.0410. The summed E-state index contributed by atoms with van der Waals surface area (Å²) >= 11 is 0. The van der Waals surface area contributed by atoms with Crippen LogP contribution in [0.1, 0.15) is 60.8 Å². The Kier molecular flexibility index (Phi) is 12.2. The van der Waals surface area contributed by atoms with E-state index in [1.807, 2.05) is 26.0 Å². The summed E-state index contributed by atoms with van der Waals surface area (Å²) in [7, 11) is 2.99. The minimum Gasteiger partial charge on any atom is -0.469 e. The van der Waals surface area contributed by atoms with Gasteiger partial charge in [-0.25, -0.2) is 4.79 Å². The van der Waals surface area contributed by atoms with Gasteiger partial charge in [0.2, 0.25) is 0 Å². The van der Waals surface area contributed by atoms with E-state index in [1.165, 1.54) is 7.11 Å². The minimum atomic E-state index is -0.560. The van der Waals surface area contributed by atoms with Gasteiger partial charge in [0.05, 0.1) is 49.7 Å². The zero-order valence-electron chi connectivity index (χ0n) is 26.1. The molecule has 0 aromatic carbocycles. The molecule has 2 N–H and O–H groups in total. The molecule has 0 aromatic heterocycles. The number of methoxy groups -OCH3 is 2. The molecule has 0 bridgehead atoms. The molecule has 3 heterocycles. The van der Waals surface area contributed by atoms with Crippen LogP contribution in [0.15, 0.2) is 23.8 Å². The maximum atomic E-state index is 12.9. The first kappa shape index (κ1) is 33.5. The number of nitrogens with zero attached hydrogens (tertiary/aromatic N) is 1. The van der Waals surface area contributed by atoms with Gasteiger partial charge >= 0.3 is 12.1 Å². The number of carbonyl (C=O) groups is 2. The molecular formula is C31H52N2O8. The summed E-state index contributed by atoms with van der Waals surface area (Å²) < 4.78 is 28.8. The summed E-state index contributed by atoms with van der Waals surface area (Å²) in [4.78, 5) is 26.7. The van der Waals surface area contributed by atoms with Crippen LogP contribution < -0.4 is 5.32 Å². The van der Waals surface area contributed by atoms with Crippen molar-refractivity contribution in [2.45, 2.75) is 103 Å². The molecule has 0 spiro atoms. The SMILES string of the molecule is COC(=O)C[C@H]1C[C@@H](OC(=O)N2CCNCC2)[C@H](C)[C@@H](/C(C)=C/C=C/C(C)C[C@@]2(C)O[C@@H]2C(C)C(OC)C(C)O)O1. The normalized spacial score (nSPS) is 33.6. The lowest BCUT2D eigenvalue weighted by Crippen LogP contribution is -2.50. The van der Waals surface area contributed by atoms with Gasteiger partial charge in [-0.05, 0) is 38.7 Å². The van der Waals surface area contributed by atoms with Crippen LogP contribution in [0, 0.1) is 17.8 Å². The van der Waals surface area contributed by atoms with Crippen LogP contribution in [0.25, 0.3) is 0 Å². The molecule has 10 heteroatoms. The van der Waals surface area contributed by atoms with Gasteiger partial charge in [0, 0.05) is 51.5 Å². The van der Waals surface area contributed by atoms with Crippen molar-refractivity contribution in [3.05, 3.63) is 23.8 Å². The standard InChI is InChI=1S/C31H52N2O8/c1-19(18-31(6)29(41-31)22(4)28(38-8)23(5)34)10-9-11-20(2)27-21(3)25(16-24(39-27)17-26(35)37-7)40-30(36)33-14-12-32-13-15-33/h9-11,19,21-25,27-29,32,34H,12-18H2,1-8H3/b10-9+,20-11+/t19?,21-,22?,23?,24+,25+,27+,28?,29+,31+/m0/s1. The molecule has 10 atom stereocenters. The summed E-state index contributed by atoms with van der Waals surface area (Å²) in [5.41, 5.74) is 0.746. The Morgan fingerprint density at radius 3 is 2.49 bits per heavy atom. The third-order valence-corrected chi connectivity index (χ3v) is 8.81. The van der Waals surface area contributed by atoms with Crippen LogP contribution in [-0.4, -0.2) is 105 Å². The number of carbonyl (C=O) groups excluding carboxylic acids is 2. The molecule has 0 aliphatic carbocycles. The third kappa shape index (κ3) is 9.00. The number of hydrogen-bond donors (Lipinski definition) is 2. The Hall–Kier alpha value is -1.98. The smallest absolute Gasteiger partial charge is 0.410 e. The molecule has 234 valence electrons. The molecule has 10 nitrogen and oxygen atoms in total. The first-order valence-corrected chi connectivity index (χ1v) is 15.0. The number of allylic oxidation sites excluding steroid dienone is 3. The molecule has 41 heavy (non-hydrogen) atoms. The molecule has 3 saturated heterocycles. The number of esters is 1. The fourth-order valence-electron chi connectivity index (χ4n) is 6.49. The van der Waals surface area contributed by atoms with E-state index in [4.69, 9.17) is 23.7 Å². The van der Waals surface area contributed by atoms with Crippen molar-refractivity contribution in [3.63, 3.8) is 0 Å². The number of aliphatic hydroxyl groups excluding tert-OH is 1. The maximum Gasteiger partial charge on any atom is 0.410 e. The predicted molar refractivity (Wildman–Crippen MR) is 155 cm³/mol. The summed E-state index contributed by atoms with van der Waals surface area (Å²) in [6, 6.07) is 0. The van der Waals surface area contributed by atoms with E-state index in [-0.39, 0.29) is 66.3 Å². The molecule has 4 unspecified atom stereocenters. The average molecular weight is 581 g/mol. The number of piperazine rings is 1. The second-order valence-corrected chi connectivity index (χ2v) is 12.3. The zero-order chi connectivity index (χ0) is 30.3. The Morgan fingerprint density at radius 1 is 1.20 bits per heavy atom. The van der Waals surface area contributed by atoms with Crippen LogP contribution >= 0.6 is 0 Å². The molecule has 3 aliphatic heterocycles. The van der Waals surface area contributed by atoms with Crippen molar-refractivity contribution < 1.29 is 38.4 Å². The Bertz CT molecular complexity index is 933. The van der Waals surface area contributed by atoms with Gasteiger partial charge in [-0.1, -0.05) is 39.0 Å². The molecule has 3 aliphatic rings. The topological polar surface area (TPSA) is 119 Å². The highest BCUT2D eigenvalue weighted by Crippen LogP contribution is 2.47. The quantitative estimate of drug-likeness (QED) is 0.203. The van der Waals surface area contributed by atoms with E-state index in [1.54, 1.807) is 18.9 Å². The van der Waals surface area contributed by atoms with E-state index in [0.717, 1.165) is 25.1 Å². The van der Waals surface area contributed by atoms with Gasteiger partial charge in [-0.3, -0.25) is 4.79 Å². The first-order chi connectivity index (χ1) is 19.4. The van der Waals surface area contributed by atoms with Crippen LogP contribution in [-0.2, 0) is 28.5 Å². The highest BCUT2D eigenvalue weighted by atomic mass is 16.6. The van der Waals surface area contributed by atoms with Crippen LogP contribution in [0.2, 0.25) is 0 Å². The largest absolute Gasteiger partial charge is 0.469 e. The fourth-order valence-corrected chi connectivity index (χ4v) is 6.49. The number of amides is 1. The number of nitrogens with one attached hydrogen (secondary N) is 1. The Labute approximate surface area is 245 Å². The van der Waals surface area contributed by atoms with Crippen molar-refractivity contribution in [3.8, 4) is 0 Å². The Balaban J connectivity index is 1.62. The van der Waals surface area contributed by atoms with Crippen LogP contribution in [0.4, 0.5) is 4.79 Å². The van der Waals surface area contributed by atoms with Crippen molar-refractivity contribution in [2.24, 2.45) is 17.8 Å². The second-order valence-electron chi connectivity index (χ2n) is 12.3. The summed E-state index contributed by atoms with van der Waals surface area (Å²) in [5, 5.41) is 13.3. The predicted octanol–water partition coefficient (Wildman–Crippen LogP) is 3.47. The molecule has 3 rings (SSSR count). The lowest BCUT2D eigenvalue weighted by molar-refractivity contribution is -0.154. The summed E-state index contributed by atoms with van der Waals surface area (Å²) in [6.07, 6.45) is 5.46. The number of rotatable bonds is 12. The van der Waals surface area contributed by atoms with Gasteiger partial charge in [-0.2, -0.15) is 0 Å². The lowest BCUT2D eigenvalue weighted by Gasteiger charge is -2.41. The lowest BCUT2D eigenvalue weighted by atomic mass is 9.85. The van der Waals surface area contributed by atoms with E-state index < -0.39 is 12.2 Å². The summed E-state index contributed by atoms with van der Waals surface area (Å²) in [5.74, 6) is -0.0841. The maximum absolute atomic E-state index is 12.9. The highest BCUT2D eigenvalue weighted by Gasteiger charge is 2.56. The molecule has 3 fully saturated rings. The first-order valence-electron chi connectivity index (χ1n) is 15.0. The Morgan fingerprint density at radius 2 is 1.88 bits per heavy atom. The fraction of sp³-hybridized carbons (Fsp3) is 0.806. The average Bonchev–Trinajstić information content (AvgIpc) is 3.60. The van der Waals surface area contributed by atoms with Crippen molar-refractivity contribution in [1.29, 1.82) is 0 Å². The van der Waals surface area contributed by atoms with Crippen molar-refractivity contribution in [1.82, 2.24) is 10.2 Å². The van der Waals surface area contributed by atoms with Crippen molar-refractivity contribution in [2.75, 3.05) is 40.4 Å². The molecule has 0 saturated carbocycles. The van der Waals surface area contributed by atoms with E-state index in [0.29, 0.717) is 19.5 Å². The van der Waals surface area contributed by atoms with E-state index >= 15 is 0 Å². The van der Waals surface area contributed by atoms with Gasteiger partial charge < -0.3 is 39.0 Å². The molecule has 0 radical (unpaired) electrons. The second kappa shape index (κ2) is 15.0. The number of ether oxygens (including phenoxy) is 5.